The van der Waals surface area contributed by atoms with E-state index in [2.05, 4.69) is 4.99 Å². The van der Waals surface area contributed by atoms with Crippen LogP contribution in [0.3, 0.4) is 0 Å². The number of benzene rings is 1. The summed E-state index contributed by atoms with van der Waals surface area (Å²) in [7, 11) is 0. The second-order valence-corrected chi connectivity index (χ2v) is 5.88. The van der Waals surface area contributed by atoms with Crippen LogP contribution in [0.1, 0.15) is 45.1 Å². The van der Waals surface area contributed by atoms with Crippen LogP contribution in [-0.2, 0) is 4.74 Å². The molecule has 1 aromatic rings. The number of halogens is 1. The van der Waals surface area contributed by atoms with Crippen molar-refractivity contribution in [2.24, 2.45) is 10.9 Å². The van der Waals surface area contributed by atoms with E-state index in [0.29, 0.717) is 18.7 Å². The third-order valence-electron chi connectivity index (χ3n) is 4.94. The van der Waals surface area contributed by atoms with Gasteiger partial charge in [-0.05, 0) is 37.8 Å². The first-order valence-electron chi connectivity index (χ1n) is 7.66. The van der Waals surface area contributed by atoms with E-state index in [-0.39, 0.29) is 18.1 Å². The van der Waals surface area contributed by atoms with Crippen LogP contribution < -0.4 is 0 Å². The first-order chi connectivity index (χ1) is 9.68. The molecule has 0 amide bonds. The Kier molecular flexibility index (Phi) is 3.53. The van der Waals surface area contributed by atoms with Crippen LogP contribution in [0.15, 0.2) is 35.3 Å². The van der Waals surface area contributed by atoms with Crippen molar-refractivity contribution >= 4 is 5.90 Å². The molecule has 1 aliphatic carbocycles. The molecule has 0 bridgehead atoms. The Hall–Kier alpha value is -1.38. The summed E-state index contributed by atoms with van der Waals surface area (Å²) in [6.07, 6.45) is 2.87. The Morgan fingerprint density at radius 3 is 2.55 bits per heavy atom. The standard InChI is InChI=1S/C17H22FNO/c1-3-17(18,4-2)13-10-11-14-15(13)20-16(19-14)12-8-6-5-7-9-12/h5-9,13-15H,3-4,10-11H2,1-2H3/t13-,14-,15+/m0/s1. The van der Waals surface area contributed by atoms with E-state index in [9.17, 15) is 4.39 Å². The van der Waals surface area contributed by atoms with Gasteiger partial charge in [-0.15, -0.1) is 0 Å². The maximum absolute atomic E-state index is 15.0. The quantitative estimate of drug-likeness (QED) is 0.809. The van der Waals surface area contributed by atoms with E-state index in [0.717, 1.165) is 18.4 Å². The van der Waals surface area contributed by atoms with Gasteiger partial charge in [0.1, 0.15) is 11.8 Å². The van der Waals surface area contributed by atoms with Gasteiger partial charge < -0.3 is 4.74 Å². The van der Waals surface area contributed by atoms with Gasteiger partial charge in [0.2, 0.25) is 5.90 Å². The SMILES string of the molecule is CCC(F)(CC)[C@H]1CC[C@@H]2N=C(c3ccccc3)O[C@@H]21. The van der Waals surface area contributed by atoms with E-state index < -0.39 is 5.67 Å². The zero-order valence-corrected chi connectivity index (χ0v) is 12.2. The molecule has 0 N–H and O–H groups in total. The number of rotatable bonds is 4. The topological polar surface area (TPSA) is 21.6 Å². The van der Waals surface area contributed by atoms with Crippen LogP contribution >= 0.6 is 0 Å². The lowest BCUT2D eigenvalue weighted by Gasteiger charge is -2.32. The van der Waals surface area contributed by atoms with E-state index in [1.165, 1.54) is 0 Å². The average molecular weight is 275 g/mol. The fraction of sp³-hybridized carbons (Fsp3) is 0.588. The molecule has 1 saturated carbocycles. The maximum atomic E-state index is 15.0. The van der Waals surface area contributed by atoms with Gasteiger partial charge in [0, 0.05) is 11.5 Å². The molecule has 1 heterocycles. The molecule has 0 spiro atoms. The predicted octanol–water partition coefficient (Wildman–Crippen LogP) is 4.14. The smallest absolute Gasteiger partial charge is 0.216 e. The molecule has 3 rings (SSSR count). The number of aliphatic imine (C=N–C) groups is 1. The van der Waals surface area contributed by atoms with E-state index in [1.807, 2.05) is 44.2 Å². The van der Waals surface area contributed by atoms with Crippen molar-refractivity contribution in [1.29, 1.82) is 0 Å². The summed E-state index contributed by atoms with van der Waals surface area (Å²) >= 11 is 0. The fourth-order valence-corrected chi connectivity index (χ4v) is 3.61. The summed E-state index contributed by atoms with van der Waals surface area (Å²) in [5.74, 6) is 0.673. The summed E-state index contributed by atoms with van der Waals surface area (Å²) in [5, 5.41) is 0. The molecule has 3 atom stereocenters. The van der Waals surface area contributed by atoms with Crippen LogP contribution in [0.5, 0.6) is 0 Å². The van der Waals surface area contributed by atoms with Gasteiger partial charge in [-0.1, -0.05) is 32.0 Å². The van der Waals surface area contributed by atoms with Gasteiger partial charge in [0.05, 0.1) is 6.04 Å². The van der Waals surface area contributed by atoms with Gasteiger partial charge in [-0.3, -0.25) is 0 Å². The first kappa shape index (κ1) is 13.6. The van der Waals surface area contributed by atoms with E-state index in [1.54, 1.807) is 0 Å². The molecule has 1 fully saturated rings. The molecule has 0 unspecified atom stereocenters. The lowest BCUT2D eigenvalue weighted by atomic mass is 9.82. The second-order valence-electron chi connectivity index (χ2n) is 5.88. The van der Waals surface area contributed by atoms with E-state index in [4.69, 9.17) is 4.74 Å². The van der Waals surface area contributed by atoms with Crippen LogP contribution in [0.2, 0.25) is 0 Å². The van der Waals surface area contributed by atoms with Crippen LogP contribution in [0.25, 0.3) is 0 Å². The largest absolute Gasteiger partial charge is 0.471 e. The monoisotopic (exact) mass is 275 g/mol. The molecular weight excluding hydrogens is 253 g/mol. The second kappa shape index (κ2) is 5.19. The van der Waals surface area contributed by atoms with Crippen molar-refractivity contribution in [2.45, 2.75) is 57.3 Å². The Morgan fingerprint density at radius 1 is 1.20 bits per heavy atom. The van der Waals surface area contributed by atoms with Gasteiger partial charge in [0.15, 0.2) is 0 Å². The lowest BCUT2D eigenvalue weighted by Crippen LogP contribution is -2.39. The average Bonchev–Trinajstić information content (AvgIpc) is 3.07. The Labute approximate surface area is 120 Å². The lowest BCUT2D eigenvalue weighted by molar-refractivity contribution is 0.0108. The maximum Gasteiger partial charge on any atom is 0.216 e. The minimum atomic E-state index is -1.11. The first-order valence-corrected chi connectivity index (χ1v) is 7.66. The third kappa shape index (κ3) is 2.13. The molecule has 20 heavy (non-hydrogen) atoms. The van der Waals surface area contributed by atoms with Crippen LogP contribution in [0.4, 0.5) is 4.39 Å². The highest BCUT2D eigenvalue weighted by Gasteiger charge is 2.51. The van der Waals surface area contributed by atoms with Crippen molar-refractivity contribution in [2.75, 3.05) is 0 Å². The highest BCUT2D eigenvalue weighted by molar-refractivity contribution is 5.95. The summed E-state index contributed by atoms with van der Waals surface area (Å²) in [4.78, 5) is 4.68. The highest BCUT2D eigenvalue weighted by atomic mass is 19.1. The van der Waals surface area contributed by atoms with Gasteiger partial charge >= 0.3 is 0 Å². The normalized spacial score (nSPS) is 28.9. The summed E-state index contributed by atoms with van der Waals surface area (Å²) < 4.78 is 21.0. The number of nitrogens with zero attached hydrogens (tertiary/aromatic N) is 1. The van der Waals surface area contributed by atoms with Crippen LogP contribution in [0, 0.1) is 5.92 Å². The van der Waals surface area contributed by atoms with Crippen molar-refractivity contribution < 1.29 is 9.13 Å². The van der Waals surface area contributed by atoms with Crippen molar-refractivity contribution in [3.05, 3.63) is 35.9 Å². The highest BCUT2D eigenvalue weighted by Crippen LogP contribution is 2.45. The summed E-state index contributed by atoms with van der Waals surface area (Å²) in [5.41, 5.74) is -0.112. The molecule has 108 valence electrons. The molecule has 2 nitrogen and oxygen atoms in total. The molecule has 0 aromatic heterocycles. The minimum absolute atomic E-state index is 0.0209. The van der Waals surface area contributed by atoms with Crippen LogP contribution in [-0.4, -0.2) is 23.7 Å². The zero-order chi connectivity index (χ0) is 14.2. The Bertz CT molecular complexity index is 495. The summed E-state index contributed by atoms with van der Waals surface area (Å²) in [6, 6.07) is 10.1. The van der Waals surface area contributed by atoms with E-state index >= 15 is 0 Å². The minimum Gasteiger partial charge on any atom is -0.471 e. The molecule has 2 aliphatic rings. The molecule has 3 heteroatoms. The zero-order valence-electron chi connectivity index (χ0n) is 12.2. The van der Waals surface area contributed by atoms with Crippen molar-refractivity contribution in [1.82, 2.24) is 0 Å². The van der Waals surface area contributed by atoms with Crippen molar-refractivity contribution in [3.63, 3.8) is 0 Å². The fourth-order valence-electron chi connectivity index (χ4n) is 3.61. The Balaban J connectivity index is 1.80. The molecule has 0 saturated heterocycles. The molecule has 1 aliphatic heterocycles. The number of fused-ring (bicyclic) bond motifs is 1. The Morgan fingerprint density at radius 2 is 1.90 bits per heavy atom. The van der Waals surface area contributed by atoms with Gasteiger partial charge in [-0.2, -0.15) is 0 Å². The number of hydrogen-bond acceptors (Lipinski definition) is 2. The molecular formula is C17H22FNO. The summed E-state index contributed by atoms with van der Waals surface area (Å²) in [6.45, 7) is 3.87. The van der Waals surface area contributed by atoms with Gasteiger partial charge in [0.25, 0.3) is 0 Å². The number of hydrogen-bond donors (Lipinski definition) is 0. The molecule has 0 radical (unpaired) electrons. The predicted molar refractivity (Wildman–Crippen MR) is 78.8 cm³/mol. The number of ether oxygens (including phenoxy) is 1. The third-order valence-corrected chi connectivity index (χ3v) is 4.94. The van der Waals surface area contributed by atoms with Gasteiger partial charge in [-0.25, -0.2) is 9.38 Å². The molecule has 1 aromatic carbocycles. The van der Waals surface area contributed by atoms with Crippen molar-refractivity contribution in [3.8, 4) is 0 Å². The number of alkyl halides is 1.